The minimum atomic E-state index is -0.760. The van der Waals surface area contributed by atoms with Gasteiger partial charge in [0.1, 0.15) is 11.9 Å². The van der Waals surface area contributed by atoms with Gasteiger partial charge >= 0.3 is 5.97 Å². The molecule has 0 amide bonds. The number of anilines is 1. The summed E-state index contributed by atoms with van der Waals surface area (Å²) in [6.45, 7) is 2.62. The van der Waals surface area contributed by atoms with E-state index in [2.05, 4.69) is 15.2 Å². The molecule has 4 rings (SSSR count). The summed E-state index contributed by atoms with van der Waals surface area (Å²) in [6.07, 6.45) is 6.73. The molecule has 1 aliphatic heterocycles. The van der Waals surface area contributed by atoms with Crippen molar-refractivity contribution < 1.29 is 9.90 Å². The van der Waals surface area contributed by atoms with E-state index in [1.165, 1.54) is 0 Å². The highest BCUT2D eigenvalue weighted by Gasteiger charge is 2.48. The quantitative estimate of drug-likeness (QED) is 0.891. The number of fused-ring (bicyclic) bond motifs is 2. The van der Waals surface area contributed by atoms with Crippen molar-refractivity contribution in [3.05, 3.63) is 18.2 Å². The normalized spacial score (nSPS) is 28.2. The third kappa shape index (κ3) is 1.73. The third-order valence-corrected chi connectivity index (χ3v) is 4.89. The molecule has 2 aliphatic rings. The first kappa shape index (κ1) is 12.6. The first-order valence-electron chi connectivity index (χ1n) is 7.32. The summed E-state index contributed by atoms with van der Waals surface area (Å²) in [5.41, 5.74) is 0.640. The molecule has 110 valence electrons. The van der Waals surface area contributed by atoms with Crippen LogP contribution in [0, 0.1) is 18.8 Å². The molecule has 3 unspecified atom stereocenters. The predicted octanol–water partition coefficient (Wildman–Crippen LogP) is 1.12. The molecule has 0 radical (unpaired) electrons. The number of aryl methyl sites for hydroxylation is 1. The number of nitrogens with zero attached hydrogens (tertiary/aromatic N) is 5. The summed E-state index contributed by atoms with van der Waals surface area (Å²) < 4.78 is 1.86. The molecule has 2 aromatic rings. The Morgan fingerprint density at radius 3 is 3.05 bits per heavy atom. The van der Waals surface area contributed by atoms with E-state index in [0.29, 0.717) is 17.4 Å². The van der Waals surface area contributed by atoms with Crippen molar-refractivity contribution in [2.75, 3.05) is 11.4 Å². The van der Waals surface area contributed by atoms with Crippen LogP contribution >= 0.6 is 0 Å². The Morgan fingerprint density at radius 1 is 1.38 bits per heavy atom. The second-order valence-corrected chi connectivity index (χ2v) is 5.98. The lowest BCUT2D eigenvalue weighted by molar-refractivity contribution is -0.139. The highest BCUT2D eigenvalue weighted by atomic mass is 16.4. The van der Waals surface area contributed by atoms with Crippen molar-refractivity contribution in [3.8, 4) is 0 Å². The number of rotatable bonds is 2. The molecule has 0 aromatic carbocycles. The zero-order valence-corrected chi connectivity index (χ0v) is 11.8. The Morgan fingerprint density at radius 2 is 2.24 bits per heavy atom. The van der Waals surface area contributed by atoms with Gasteiger partial charge in [0, 0.05) is 18.9 Å². The fourth-order valence-corrected chi connectivity index (χ4v) is 3.97. The predicted molar refractivity (Wildman–Crippen MR) is 75.1 cm³/mol. The summed E-state index contributed by atoms with van der Waals surface area (Å²) in [4.78, 5) is 18.1. The lowest BCUT2D eigenvalue weighted by Crippen LogP contribution is -2.40. The van der Waals surface area contributed by atoms with Gasteiger partial charge in [0.05, 0.1) is 0 Å². The number of carboxylic acid groups (broad SMARTS) is 1. The van der Waals surface area contributed by atoms with Crippen molar-refractivity contribution in [2.24, 2.45) is 11.8 Å². The van der Waals surface area contributed by atoms with Crippen LogP contribution in [0.2, 0.25) is 0 Å². The van der Waals surface area contributed by atoms with Crippen molar-refractivity contribution >= 4 is 17.4 Å². The van der Waals surface area contributed by atoms with Crippen LogP contribution in [0.3, 0.4) is 0 Å². The van der Waals surface area contributed by atoms with Crippen molar-refractivity contribution in [1.29, 1.82) is 0 Å². The van der Waals surface area contributed by atoms with Crippen LogP contribution in [-0.2, 0) is 4.79 Å². The molecule has 2 fully saturated rings. The summed E-state index contributed by atoms with van der Waals surface area (Å²) >= 11 is 0. The standard InChI is InChI=1S/C14H17N5O2/c1-8-16-17-13-12(15-5-6-18(8)13)19-7-9-3-2-4-10(9)11(19)14(20)21/h5-6,9-11H,2-4,7H2,1H3,(H,20,21). The van der Waals surface area contributed by atoms with Crippen molar-refractivity contribution in [2.45, 2.75) is 32.2 Å². The van der Waals surface area contributed by atoms with E-state index in [9.17, 15) is 9.90 Å². The van der Waals surface area contributed by atoms with Gasteiger partial charge in [-0.15, -0.1) is 10.2 Å². The minimum absolute atomic E-state index is 0.230. The third-order valence-electron chi connectivity index (χ3n) is 4.89. The fraction of sp³-hybridized carbons (Fsp3) is 0.571. The number of carbonyl (C=O) groups is 1. The lowest BCUT2D eigenvalue weighted by Gasteiger charge is -2.25. The van der Waals surface area contributed by atoms with Gasteiger partial charge in [-0.3, -0.25) is 4.40 Å². The van der Waals surface area contributed by atoms with E-state index in [-0.39, 0.29) is 5.92 Å². The van der Waals surface area contributed by atoms with Crippen LogP contribution in [0.1, 0.15) is 25.1 Å². The number of hydrogen-bond donors (Lipinski definition) is 1. The number of carboxylic acids is 1. The summed E-state index contributed by atoms with van der Waals surface area (Å²) in [7, 11) is 0. The molecular formula is C14H17N5O2. The number of aromatic nitrogens is 4. The maximum Gasteiger partial charge on any atom is 0.326 e. The number of hydrogen-bond acceptors (Lipinski definition) is 5. The first-order chi connectivity index (χ1) is 10.2. The maximum atomic E-state index is 11.8. The lowest BCUT2D eigenvalue weighted by atomic mass is 9.94. The number of aliphatic carboxylic acids is 1. The van der Waals surface area contributed by atoms with Gasteiger partial charge in [-0.2, -0.15) is 0 Å². The average Bonchev–Trinajstić information content (AvgIpc) is 3.12. The molecule has 7 nitrogen and oxygen atoms in total. The summed E-state index contributed by atoms with van der Waals surface area (Å²) in [6, 6.07) is -0.492. The van der Waals surface area contributed by atoms with Crippen molar-refractivity contribution in [1.82, 2.24) is 19.6 Å². The smallest absolute Gasteiger partial charge is 0.326 e. The molecule has 21 heavy (non-hydrogen) atoms. The van der Waals surface area contributed by atoms with Gasteiger partial charge in [-0.25, -0.2) is 9.78 Å². The second kappa shape index (κ2) is 4.41. The first-order valence-corrected chi connectivity index (χ1v) is 7.32. The highest BCUT2D eigenvalue weighted by molar-refractivity contribution is 5.81. The average molecular weight is 287 g/mol. The molecule has 1 N–H and O–H groups in total. The van der Waals surface area contributed by atoms with Gasteiger partial charge in [0.2, 0.25) is 5.65 Å². The molecule has 0 bridgehead atoms. The van der Waals surface area contributed by atoms with E-state index in [4.69, 9.17) is 0 Å². The Hall–Kier alpha value is -2.18. The van der Waals surface area contributed by atoms with E-state index in [0.717, 1.165) is 31.6 Å². The van der Waals surface area contributed by atoms with Gasteiger partial charge in [0.15, 0.2) is 5.82 Å². The molecule has 3 atom stereocenters. The molecule has 1 aliphatic carbocycles. The van der Waals surface area contributed by atoms with Crippen LogP contribution in [0.5, 0.6) is 0 Å². The molecule has 1 saturated carbocycles. The van der Waals surface area contributed by atoms with E-state index < -0.39 is 12.0 Å². The molecular weight excluding hydrogens is 270 g/mol. The summed E-state index contributed by atoms with van der Waals surface area (Å²) in [5, 5.41) is 17.9. The van der Waals surface area contributed by atoms with Gasteiger partial charge in [0.25, 0.3) is 0 Å². The molecule has 7 heteroatoms. The molecule has 3 heterocycles. The van der Waals surface area contributed by atoms with Crippen LogP contribution < -0.4 is 4.90 Å². The van der Waals surface area contributed by atoms with E-state index in [1.807, 2.05) is 16.2 Å². The van der Waals surface area contributed by atoms with E-state index in [1.54, 1.807) is 12.4 Å². The van der Waals surface area contributed by atoms with Crippen LogP contribution in [-0.4, -0.2) is 43.2 Å². The monoisotopic (exact) mass is 287 g/mol. The molecule has 2 aromatic heterocycles. The largest absolute Gasteiger partial charge is 0.480 e. The molecule has 1 saturated heterocycles. The van der Waals surface area contributed by atoms with E-state index >= 15 is 0 Å². The maximum absolute atomic E-state index is 11.8. The molecule has 0 spiro atoms. The van der Waals surface area contributed by atoms with Gasteiger partial charge in [-0.05, 0) is 31.6 Å². The zero-order chi connectivity index (χ0) is 14.6. The van der Waals surface area contributed by atoms with Gasteiger partial charge in [-0.1, -0.05) is 6.42 Å². The highest BCUT2D eigenvalue weighted by Crippen LogP contribution is 2.44. The van der Waals surface area contributed by atoms with Crippen LogP contribution in [0.4, 0.5) is 5.82 Å². The summed E-state index contributed by atoms with van der Waals surface area (Å²) in [5.74, 6) is 1.34. The fourth-order valence-electron chi connectivity index (χ4n) is 3.97. The van der Waals surface area contributed by atoms with Crippen LogP contribution in [0.15, 0.2) is 12.4 Å². The van der Waals surface area contributed by atoms with Crippen LogP contribution in [0.25, 0.3) is 5.65 Å². The topological polar surface area (TPSA) is 83.6 Å². The second-order valence-electron chi connectivity index (χ2n) is 5.98. The zero-order valence-electron chi connectivity index (χ0n) is 11.8. The Kier molecular flexibility index (Phi) is 2.63. The Labute approximate surface area is 121 Å². The minimum Gasteiger partial charge on any atom is -0.480 e. The van der Waals surface area contributed by atoms with Crippen molar-refractivity contribution in [3.63, 3.8) is 0 Å². The Bertz CT molecular complexity index is 712. The Balaban J connectivity index is 1.82. The van der Waals surface area contributed by atoms with Gasteiger partial charge < -0.3 is 10.0 Å². The SMILES string of the molecule is Cc1nnc2c(N3CC4CCCC4C3C(=O)O)nccn12.